The quantitative estimate of drug-likeness (QED) is 0.539. The summed E-state index contributed by atoms with van der Waals surface area (Å²) in [4.78, 5) is 0. The fourth-order valence-electron chi connectivity index (χ4n) is 7.76. The summed E-state index contributed by atoms with van der Waals surface area (Å²) in [6.07, 6.45) is 12.9. The molecular formula is C25H37ClO. The van der Waals surface area contributed by atoms with Gasteiger partial charge in [-0.05, 0) is 90.1 Å². The topological polar surface area (TPSA) is 20.2 Å². The average molecular weight is 389 g/mol. The van der Waals surface area contributed by atoms with E-state index in [2.05, 4.69) is 46.8 Å². The van der Waals surface area contributed by atoms with Crippen LogP contribution in [-0.4, -0.2) is 11.2 Å². The minimum atomic E-state index is -0.148. The van der Waals surface area contributed by atoms with Crippen LogP contribution in [0.3, 0.4) is 0 Å². The van der Waals surface area contributed by atoms with Gasteiger partial charge >= 0.3 is 0 Å². The van der Waals surface area contributed by atoms with E-state index in [-0.39, 0.29) is 16.9 Å². The van der Waals surface area contributed by atoms with Crippen molar-refractivity contribution in [2.45, 2.75) is 85.7 Å². The Morgan fingerprint density at radius 3 is 2.56 bits per heavy atom. The van der Waals surface area contributed by atoms with Gasteiger partial charge in [-0.3, -0.25) is 0 Å². The van der Waals surface area contributed by atoms with Gasteiger partial charge in [0.15, 0.2) is 0 Å². The number of allylic oxidation sites excluding steroid dienone is 5. The molecule has 0 amide bonds. The summed E-state index contributed by atoms with van der Waals surface area (Å²) < 4.78 is 0. The largest absolute Gasteiger partial charge is 0.393 e. The van der Waals surface area contributed by atoms with Crippen LogP contribution in [0.5, 0.6) is 0 Å². The molecule has 0 saturated heterocycles. The monoisotopic (exact) mass is 388 g/mol. The van der Waals surface area contributed by atoms with Crippen molar-refractivity contribution in [1.82, 2.24) is 0 Å². The summed E-state index contributed by atoms with van der Waals surface area (Å²) in [6.45, 7) is 12.0. The Bertz CT molecular complexity index is 714. The third kappa shape index (κ3) is 2.67. The maximum atomic E-state index is 10.7. The second-order valence-corrected chi connectivity index (χ2v) is 11.1. The van der Waals surface area contributed by atoms with E-state index in [1.54, 1.807) is 22.3 Å². The number of hydrogen-bond acceptors (Lipinski definition) is 1. The first-order valence-electron chi connectivity index (χ1n) is 11.0. The molecule has 0 aromatic rings. The van der Waals surface area contributed by atoms with E-state index < -0.39 is 0 Å². The van der Waals surface area contributed by atoms with Crippen LogP contribution >= 0.6 is 11.6 Å². The number of hydrogen-bond donors (Lipinski definition) is 1. The zero-order valence-corrected chi connectivity index (χ0v) is 18.6. The zero-order chi connectivity index (χ0) is 19.6. The van der Waals surface area contributed by atoms with Crippen molar-refractivity contribution in [3.63, 3.8) is 0 Å². The fraction of sp³-hybridized carbons (Fsp3) is 0.760. The molecule has 1 fully saturated rings. The molecule has 1 N–H and O–H groups in total. The predicted molar refractivity (Wildman–Crippen MR) is 115 cm³/mol. The lowest BCUT2D eigenvalue weighted by Crippen LogP contribution is -2.53. The molecule has 1 nitrogen and oxygen atoms in total. The minimum Gasteiger partial charge on any atom is -0.393 e. The van der Waals surface area contributed by atoms with Gasteiger partial charge in [-0.1, -0.05) is 63.9 Å². The summed E-state index contributed by atoms with van der Waals surface area (Å²) in [6, 6.07) is 0. The minimum absolute atomic E-state index is 0.0263. The summed E-state index contributed by atoms with van der Waals surface area (Å²) in [7, 11) is 0. The number of rotatable bonds is 2. The van der Waals surface area contributed by atoms with Gasteiger partial charge in [-0.2, -0.15) is 0 Å². The van der Waals surface area contributed by atoms with Gasteiger partial charge in [0.2, 0.25) is 0 Å². The number of aliphatic hydroxyl groups excluding tert-OH is 1. The molecule has 0 heterocycles. The average Bonchev–Trinajstić information content (AvgIpc) is 2.96. The Morgan fingerprint density at radius 2 is 1.85 bits per heavy atom. The van der Waals surface area contributed by atoms with Crippen LogP contribution in [0.2, 0.25) is 0 Å². The van der Waals surface area contributed by atoms with Crippen molar-refractivity contribution in [2.24, 2.45) is 34.0 Å². The Morgan fingerprint density at radius 1 is 1.11 bits per heavy atom. The maximum Gasteiger partial charge on any atom is 0.0594 e. The lowest BCUT2D eigenvalue weighted by Gasteiger charge is -2.59. The molecule has 0 aromatic heterocycles. The highest BCUT2D eigenvalue weighted by molar-refractivity contribution is 6.25. The summed E-state index contributed by atoms with van der Waals surface area (Å²) in [5.74, 6) is 1.80. The summed E-state index contributed by atoms with van der Waals surface area (Å²) >= 11 is 5.91. The van der Waals surface area contributed by atoms with Crippen molar-refractivity contribution in [1.29, 1.82) is 0 Å². The van der Waals surface area contributed by atoms with Gasteiger partial charge in [-0.15, -0.1) is 0 Å². The lowest BCUT2D eigenvalue weighted by molar-refractivity contribution is -0.0904. The third-order valence-electron chi connectivity index (χ3n) is 9.44. The lowest BCUT2D eigenvalue weighted by atomic mass is 9.46. The molecule has 0 bridgehead atoms. The van der Waals surface area contributed by atoms with Gasteiger partial charge in [0.05, 0.1) is 6.10 Å². The highest BCUT2D eigenvalue weighted by atomic mass is 35.5. The van der Waals surface area contributed by atoms with E-state index in [9.17, 15) is 5.11 Å². The molecule has 27 heavy (non-hydrogen) atoms. The normalized spacial score (nSPS) is 44.6. The molecule has 0 aromatic carbocycles. The van der Waals surface area contributed by atoms with E-state index in [0.29, 0.717) is 23.2 Å². The number of aliphatic hydroxyl groups is 1. The first kappa shape index (κ1) is 19.8. The zero-order valence-electron chi connectivity index (χ0n) is 17.8. The molecular weight excluding hydrogens is 352 g/mol. The fourth-order valence-corrected chi connectivity index (χ4v) is 7.99. The van der Waals surface area contributed by atoms with E-state index in [0.717, 1.165) is 12.8 Å². The van der Waals surface area contributed by atoms with Crippen LogP contribution in [0.4, 0.5) is 0 Å². The second-order valence-electron chi connectivity index (χ2n) is 10.9. The molecule has 0 spiro atoms. The van der Waals surface area contributed by atoms with Gasteiger partial charge in [0.25, 0.3) is 0 Å². The van der Waals surface area contributed by atoms with Gasteiger partial charge in [-0.25, -0.2) is 0 Å². The molecule has 4 rings (SSSR count). The van der Waals surface area contributed by atoms with E-state index in [1.165, 1.54) is 32.1 Å². The van der Waals surface area contributed by atoms with E-state index >= 15 is 0 Å². The van der Waals surface area contributed by atoms with Crippen LogP contribution in [-0.2, 0) is 0 Å². The van der Waals surface area contributed by atoms with Gasteiger partial charge in [0.1, 0.15) is 0 Å². The molecule has 1 saturated carbocycles. The second kappa shape index (κ2) is 6.49. The summed E-state index contributed by atoms with van der Waals surface area (Å²) in [5.41, 5.74) is 7.45. The van der Waals surface area contributed by atoms with Crippen molar-refractivity contribution < 1.29 is 5.11 Å². The smallest absolute Gasteiger partial charge is 0.0594 e. The number of halogens is 1. The number of fused-ring (bicyclic) bond motifs is 4. The predicted octanol–water partition coefficient (Wildman–Crippen LogP) is 7.02. The summed E-state index contributed by atoms with van der Waals surface area (Å²) in [5, 5.41) is 10.7. The van der Waals surface area contributed by atoms with Crippen LogP contribution in [0.25, 0.3) is 0 Å². The van der Waals surface area contributed by atoms with Crippen molar-refractivity contribution in [2.75, 3.05) is 0 Å². The Hall–Kier alpha value is -0.530. The van der Waals surface area contributed by atoms with Gasteiger partial charge < -0.3 is 5.11 Å². The van der Waals surface area contributed by atoms with Crippen LogP contribution in [0.15, 0.2) is 34.4 Å². The Balaban J connectivity index is 1.72. The van der Waals surface area contributed by atoms with Crippen molar-refractivity contribution >= 4 is 11.6 Å². The first-order valence-corrected chi connectivity index (χ1v) is 11.5. The standard InChI is InChI=1S/C25H37ClO/c1-16(12-15-26)18-7-8-19-17-6-9-21-23(2,3)22(27)11-14-25(21,5)20(17)10-13-24(18,19)4/h8,12,15-16,18,21-22,27H,6-7,9-11,13-14H2,1-5H3/b15-12+/t16-,18-,21?,22?,24-,25-/m1/s1. The van der Waals surface area contributed by atoms with Crippen molar-refractivity contribution in [3.05, 3.63) is 34.4 Å². The van der Waals surface area contributed by atoms with Crippen LogP contribution < -0.4 is 0 Å². The molecule has 4 aliphatic rings. The third-order valence-corrected chi connectivity index (χ3v) is 9.59. The molecule has 0 radical (unpaired) electrons. The maximum absolute atomic E-state index is 10.7. The van der Waals surface area contributed by atoms with Crippen LogP contribution in [0.1, 0.15) is 79.6 Å². The molecule has 0 aliphatic heterocycles. The van der Waals surface area contributed by atoms with E-state index in [1.807, 2.05) is 0 Å². The Labute approximate surface area is 171 Å². The molecule has 4 aliphatic carbocycles. The van der Waals surface area contributed by atoms with E-state index in [4.69, 9.17) is 11.6 Å². The molecule has 2 unspecified atom stereocenters. The molecule has 150 valence electrons. The van der Waals surface area contributed by atoms with Crippen molar-refractivity contribution in [3.8, 4) is 0 Å². The SMILES string of the molecule is C[C@H](/C=C/Cl)[C@H]1CC=C2C3=C(CC[C@@]21C)[C@@]1(C)CCC(O)C(C)(C)C1CC3. The molecule has 6 atom stereocenters. The molecule has 2 heteroatoms. The highest BCUT2D eigenvalue weighted by Gasteiger charge is 2.57. The first-order chi connectivity index (χ1) is 12.7. The Kier molecular flexibility index (Phi) is 4.75. The highest BCUT2D eigenvalue weighted by Crippen LogP contribution is 2.66. The van der Waals surface area contributed by atoms with Crippen LogP contribution in [0, 0.1) is 34.0 Å². The van der Waals surface area contributed by atoms with Gasteiger partial charge in [0, 0.05) is 5.54 Å².